The third-order valence-electron chi connectivity index (χ3n) is 5.33. The second-order valence-corrected chi connectivity index (χ2v) is 13.0. The number of pyridine rings is 1. The highest BCUT2D eigenvalue weighted by Gasteiger charge is 2.52. The summed E-state index contributed by atoms with van der Waals surface area (Å²) in [5.41, 5.74) is 6.26. The van der Waals surface area contributed by atoms with Crippen molar-refractivity contribution in [2.75, 3.05) is 22.3 Å². The van der Waals surface area contributed by atoms with Crippen molar-refractivity contribution >= 4 is 99.5 Å². The Bertz CT molecular complexity index is 1470. The van der Waals surface area contributed by atoms with Crippen molar-refractivity contribution in [3.05, 3.63) is 45.4 Å². The smallest absolute Gasteiger partial charge is 0.324 e. The summed E-state index contributed by atoms with van der Waals surface area (Å²) in [7, 11) is 0. The normalized spacial score (nSPS) is 18.9. The van der Waals surface area contributed by atoms with E-state index in [1.54, 1.807) is 10.6 Å². The summed E-state index contributed by atoms with van der Waals surface area (Å²) in [6.45, 7) is 0. The zero-order valence-corrected chi connectivity index (χ0v) is 23.7. The van der Waals surface area contributed by atoms with Crippen molar-refractivity contribution in [3.8, 4) is 0 Å². The number of nitrogen functional groups attached to an aromatic ring is 1. The predicted molar refractivity (Wildman–Crippen MR) is 144 cm³/mol. The van der Waals surface area contributed by atoms with Crippen molar-refractivity contribution in [1.82, 2.24) is 30.3 Å². The molecule has 3 aromatic heterocycles. The van der Waals surface area contributed by atoms with E-state index >= 15 is 0 Å². The van der Waals surface area contributed by atoms with Gasteiger partial charge in [-0.15, -0.1) is 39.8 Å². The molecule has 5 rings (SSSR count). The van der Waals surface area contributed by atoms with Crippen molar-refractivity contribution in [2.24, 2.45) is 0 Å². The van der Waals surface area contributed by atoms with E-state index in [0.29, 0.717) is 47.3 Å². The lowest BCUT2D eigenvalue weighted by molar-refractivity contribution is -0.622. The Balaban J connectivity index is 1.21. The molecule has 198 valence electrons. The molecule has 2 unspecified atom stereocenters. The summed E-state index contributed by atoms with van der Waals surface area (Å²) >= 11 is 17.2. The van der Waals surface area contributed by atoms with Crippen LogP contribution < -0.4 is 20.7 Å². The molecule has 5 heterocycles. The largest absolute Gasteiger partial charge is 0.543 e. The molecule has 3 aromatic rings. The zero-order chi connectivity index (χ0) is 27.0. The van der Waals surface area contributed by atoms with Crippen LogP contribution in [0.1, 0.15) is 0 Å². The standard InChI is InChI=1S/C20H16Cl2N8O4S4/c21-8-2-24-3-9(22)16(8)35-5-13(31)28-14-17(32)29-15(19(33)34)10(4-36-18(14)29)37-7-38-20-27-11(23)1-12-25-6-26-30(12)20/h1-3,6,14,18H,4-5,7H2,(H4,23,25,26,28,31,33,34). The van der Waals surface area contributed by atoms with E-state index in [0.717, 1.165) is 11.8 Å². The second kappa shape index (κ2) is 11.4. The van der Waals surface area contributed by atoms with Gasteiger partial charge in [0.15, 0.2) is 6.33 Å². The summed E-state index contributed by atoms with van der Waals surface area (Å²) in [4.78, 5) is 51.9. The predicted octanol–water partition coefficient (Wildman–Crippen LogP) is 0.764. The molecule has 18 heteroatoms. The fourth-order valence-electron chi connectivity index (χ4n) is 3.69. The van der Waals surface area contributed by atoms with E-state index in [2.05, 4.69) is 25.4 Å². The number of hydrogen-bond acceptors (Lipinski definition) is 12. The van der Waals surface area contributed by atoms with Gasteiger partial charge >= 0.3 is 5.16 Å². The van der Waals surface area contributed by atoms with Gasteiger partial charge in [-0.1, -0.05) is 33.2 Å². The van der Waals surface area contributed by atoms with Crippen LogP contribution in [0.15, 0.2) is 45.4 Å². The van der Waals surface area contributed by atoms with Crippen molar-refractivity contribution < 1.29 is 24.0 Å². The molecule has 4 N–H and O–H groups in total. The minimum absolute atomic E-state index is 0.0359. The van der Waals surface area contributed by atoms with Gasteiger partial charge < -0.3 is 21.0 Å². The van der Waals surface area contributed by atoms with Crippen LogP contribution in [0.2, 0.25) is 10.0 Å². The minimum Gasteiger partial charge on any atom is -0.543 e. The van der Waals surface area contributed by atoms with Gasteiger partial charge in [-0.2, -0.15) is 0 Å². The zero-order valence-electron chi connectivity index (χ0n) is 18.9. The molecular formula is C20H16Cl2N8O4S4. The fourth-order valence-corrected chi connectivity index (χ4v) is 8.84. The number of amides is 2. The Morgan fingerprint density at radius 2 is 2.05 bits per heavy atom. The molecule has 12 nitrogen and oxygen atoms in total. The van der Waals surface area contributed by atoms with Gasteiger partial charge in [0.05, 0.1) is 38.6 Å². The highest BCUT2D eigenvalue weighted by atomic mass is 35.5. The number of anilines is 1. The third kappa shape index (κ3) is 5.37. The van der Waals surface area contributed by atoms with Gasteiger partial charge in [-0.05, 0) is 11.8 Å². The summed E-state index contributed by atoms with van der Waals surface area (Å²) in [5.74, 6) is -1.77. The van der Waals surface area contributed by atoms with Crippen LogP contribution in [0, 0.1) is 0 Å². The van der Waals surface area contributed by atoms with Gasteiger partial charge in [0, 0.05) is 27.9 Å². The van der Waals surface area contributed by atoms with Gasteiger partial charge in [0.1, 0.15) is 11.4 Å². The molecule has 2 aliphatic rings. The molecule has 0 radical (unpaired) electrons. The van der Waals surface area contributed by atoms with Crippen molar-refractivity contribution in [3.63, 3.8) is 0 Å². The molecule has 1 fully saturated rings. The average Bonchev–Trinajstić information content (AvgIpc) is 3.35. The van der Waals surface area contributed by atoms with Crippen molar-refractivity contribution in [1.29, 1.82) is 0 Å². The number of fused-ring (bicyclic) bond motifs is 2. The van der Waals surface area contributed by atoms with Gasteiger partial charge in [0.2, 0.25) is 11.7 Å². The number of nitrogens with zero attached hydrogens (tertiary/aromatic N) is 5. The van der Waals surface area contributed by atoms with E-state index in [4.69, 9.17) is 28.9 Å². The van der Waals surface area contributed by atoms with E-state index < -0.39 is 29.2 Å². The topological polar surface area (TPSA) is 174 Å². The Morgan fingerprint density at radius 1 is 1.29 bits per heavy atom. The number of hydrogen-bond donors (Lipinski definition) is 3. The molecule has 2 amide bonds. The minimum atomic E-state index is -1.45. The maximum absolute atomic E-state index is 12.9. The van der Waals surface area contributed by atoms with E-state index in [-0.39, 0.29) is 11.4 Å². The summed E-state index contributed by atoms with van der Waals surface area (Å²) in [6.07, 6.45) is 4.35. The first-order valence-electron chi connectivity index (χ1n) is 10.6. The number of carbonyl (C=O) groups is 3. The first-order valence-corrected chi connectivity index (χ1v) is 15.4. The average molecular weight is 632 g/mol. The monoisotopic (exact) mass is 630 g/mol. The lowest BCUT2D eigenvalue weighted by Gasteiger charge is -2.50. The molecule has 0 spiro atoms. The molecule has 2 aliphatic heterocycles. The first kappa shape index (κ1) is 27.2. The molecule has 38 heavy (non-hydrogen) atoms. The highest BCUT2D eigenvalue weighted by Crippen LogP contribution is 2.44. The summed E-state index contributed by atoms with van der Waals surface area (Å²) in [6, 6.07) is 0.767. The van der Waals surface area contributed by atoms with Crippen LogP contribution in [0.4, 0.5) is 5.82 Å². The molecule has 2 atom stereocenters. The van der Waals surface area contributed by atoms with E-state index in [9.17, 15) is 19.5 Å². The number of rotatable bonds is 9. The molecule has 0 aromatic carbocycles. The number of β-lactam (4-membered cyclic amide) rings is 1. The quantitative estimate of drug-likeness (QED) is 0.0997. The van der Waals surface area contributed by atoms with Crippen LogP contribution in [-0.2, 0) is 14.4 Å². The van der Waals surface area contributed by atoms with Gasteiger partial charge in [-0.3, -0.25) is 19.5 Å². The second-order valence-electron chi connectivity index (χ2n) is 7.69. The SMILES string of the molecule is Nc1cc2nc[nH][n+]2c(SCSC2=C(C(=O)[O-])N3C(=O)C(NC(=O)CSc4c(Cl)cncc4Cl)C3SC2)n1. The van der Waals surface area contributed by atoms with Crippen molar-refractivity contribution in [2.45, 2.75) is 21.5 Å². The number of nitrogens with one attached hydrogen (secondary N) is 2. The Labute approximate surface area is 241 Å². The number of nitrogens with two attached hydrogens (primary N) is 1. The number of thioether (sulfide) groups is 4. The number of halogens is 2. The lowest BCUT2D eigenvalue weighted by atomic mass is 10.1. The molecule has 0 bridgehead atoms. The Hall–Kier alpha value is -2.37. The number of carboxylic acids is 1. The third-order valence-corrected chi connectivity index (χ3v) is 10.9. The molecule has 1 saturated heterocycles. The number of H-pyrrole nitrogens is 1. The fraction of sp³-hybridized carbons (Fsp3) is 0.250. The van der Waals surface area contributed by atoms with Crippen LogP contribution in [0.3, 0.4) is 0 Å². The van der Waals surface area contributed by atoms with Crippen LogP contribution in [-0.4, -0.2) is 70.7 Å². The highest BCUT2D eigenvalue weighted by molar-refractivity contribution is 8.18. The molecular weight excluding hydrogens is 615 g/mol. The Kier molecular flexibility index (Phi) is 8.16. The van der Waals surface area contributed by atoms with E-state index in [1.165, 1.54) is 58.9 Å². The number of carboxylic acid groups (broad SMARTS) is 1. The number of aromatic amines is 1. The number of aromatic nitrogens is 5. The van der Waals surface area contributed by atoms with Gasteiger partial charge in [0.25, 0.3) is 11.6 Å². The maximum atomic E-state index is 12.9. The Morgan fingerprint density at radius 3 is 2.79 bits per heavy atom. The molecule has 0 saturated carbocycles. The summed E-state index contributed by atoms with van der Waals surface area (Å²) < 4.78 is 1.66. The summed E-state index contributed by atoms with van der Waals surface area (Å²) in [5, 5.41) is 18.7. The van der Waals surface area contributed by atoms with Crippen LogP contribution >= 0.6 is 70.2 Å². The van der Waals surface area contributed by atoms with E-state index in [1.807, 2.05) is 0 Å². The maximum Gasteiger partial charge on any atom is 0.324 e. The molecule has 0 aliphatic carbocycles. The van der Waals surface area contributed by atoms with Crippen LogP contribution in [0.5, 0.6) is 0 Å². The first-order chi connectivity index (χ1) is 18.2. The van der Waals surface area contributed by atoms with Crippen LogP contribution in [0.25, 0.3) is 5.65 Å². The number of carbonyl (C=O) groups excluding carboxylic acids is 3. The lowest BCUT2D eigenvalue weighted by Crippen LogP contribution is -2.71. The van der Waals surface area contributed by atoms with Gasteiger partial charge in [-0.25, -0.2) is 5.10 Å². The number of aliphatic carboxylic acids is 1.